The number of benzene rings is 1. The standard InChI is InChI=1S/C20H17N5O3/c1-27-13-6-4-12(5-7-13)25-9-8-21-20(25)14-11-16(26)22-19-17(14)18(23-24-19)15-3-2-10-28-15/h2-10,14H,11H2,1H3,(H2,22,23,24,26). The molecule has 1 aliphatic heterocycles. The van der Waals surface area contributed by atoms with Gasteiger partial charge in [-0.15, -0.1) is 0 Å². The number of furan rings is 1. The van der Waals surface area contributed by atoms with E-state index in [0.29, 0.717) is 11.6 Å². The van der Waals surface area contributed by atoms with Crippen LogP contribution in [0, 0.1) is 0 Å². The molecule has 140 valence electrons. The molecule has 2 N–H and O–H groups in total. The second-order valence-electron chi connectivity index (χ2n) is 6.50. The molecule has 3 aromatic heterocycles. The lowest BCUT2D eigenvalue weighted by molar-refractivity contribution is -0.116. The second kappa shape index (κ2) is 6.41. The van der Waals surface area contributed by atoms with E-state index in [2.05, 4.69) is 20.5 Å². The first-order valence-corrected chi connectivity index (χ1v) is 8.84. The highest BCUT2D eigenvalue weighted by Gasteiger charge is 2.35. The van der Waals surface area contributed by atoms with E-state index >= 15 is 0 Å². The number of aromatic amines is 1. The highest BCUT2D eigenvalue weighted by Crippen LogP contribution is 2.41. The lowest BCUT2D eigenvalue weighted by Gasteiger charge is -2.23. The Balaban J connectivity index is 1.63. The number of fused-ring (bicyclic) bond motifs is 1. The second-order valence-corrected chi connectivity index (χ2v) is 6.50. The van der Waals surface area contributed by atoms with Crippen LogP contribution in [0.4, 0.5) is 5.82 Å². The Bertz CT molecular complexity index is 1130. The van der Waals surface area contributed by atoms with Crippen molar-refractivity contribution in [2.24, 2.45) is 0 Å². The number of ether oxygens (including phenoxy) is 1. The number of rotatable bonds is 4. The van der Waals surface area contributed by atoms with Crippen LogP contribution in [0.25, 0.3) is 17.1 Å². The molecule has 1 atom stereocenters. The number of nitrogens with one attached hydrogen (secondary N) is 2. The number of imidazole rings is 1. The van der Waals surface area contributed by atoms with Crippen LogP contribution in [-0.4, -0.2) is 32.8 Å². The van der Waals surface area contributed by atoms with Gasteiger partial charge in [-0.3, -0.25) is 9.89 Å². The molecule has 0 aliphatic carbocycles. The molecular weight excluding hydrogens is 358 g/mol. The molecular formula is C20H17N5O3. The number of carbonyl (C=O) groups is 1. The summed E-state index contributed by atoms with van der Waals surface area (Å²) in [4.78, 5) is 16.9. The molecule has 0 radical (unpaired) electrons. The van der Waals surface area contributed by atoms with Crippen molar-refractivity contribution in [2.75, 3.05) is 12.4 Å². The van der Waals surface area contributed by atoms with E-state index in [9.17, 15) is 4.79 Å². The fourth-order valence-corrected chi connectivity index (χ4v) is 3.62. The summed E-state index contributed by atoms with van der Waals surface area (Å²) in [5, 5.41) is 10.1. The van der Waals surface area contributed by atoms with E-state index in [-0.39, 0.29) is 18.2 Å². The highest BCUT2D eigenvalue weighted by atomic mass is 16.5. The summed E-state index contributed by atoms with van der Waals surface area (Å²) in [6.45, 7) is 0. The van der Waals surface area contributed by atoms with Crippen molar-refractivity contribution < 1.29 is 13.9 Å². The minimum atomic E-state index is -0.264. The normalized spacial score (nSPS) is 15.9. The van der Waals surface area contributed by atoms with Gasteiger partial charge in [0.2, 0.25) is 5.91 Å². The van der Waals surface area contributed by atoms with Gasteiger partial charge in [0.15, 0.2) is 11.6 Å². The van der Waals surface area contributed by atoms with Gasteiger partial charge in [-0.25, -0.2) is 4.98 Å². The summed E-state index contributed by atoms with van der Waals surface area (Å²) < 4.78 is 12.8. The summed E-state index contributed by atoms with van der Waals surface area (Å²) >= 11 is 0. The van der Waals surface area contributed by atoms with Gasteiger partial charge in [-0.05, 0) is 36.4 Å². The van der Waals surface area contributed by atoms with E-state index in [1.54, 1.807) is 19.6 Å². The van der Waals surface area contributed by atoms with Gasteiger partial charge in [0, 0.05) is 30.1 Å². The minimum Gasteiger partial charge on any atom is -0.497 e. The molecule has 28 heavy (non-hydrogen) atoms. The molecule has 0 bridgehead atoms. The van der Waals surface area contributed by atoms with Gasteiger partial charge < -0.3 is 19.0 Å². The van der Waals surface area contributed by atoms with E-state index in [1.165, 1.54) is 0 Å². The van der Waals surface area contributed by atoms with Crippen molar-refractivity contribution in [1.82, 2.24) is 19.7 Å². The van der Waals surface area contributed by atoms with Gasteiger partial charge >= 0.3 is 0 Å². The Labute approximate surface area is 160 Å². The Morgan fingerprint density at radius 1 is 1.25 bits per heavy atom. The van der Waals surface area contributed by atoms with Crippen LogP contribution in [0.1, 0.15) is 23.7 Å². The third-order valence-electron chi connectivity index (χ3n) is 4.90. The summed E-state index contributed by atoms with van der Waals surface area (Å²) in [6, 6.07) is 11.4. The predicted octanol–water partition coefficient (Wildman–Crippen LogP) is 3.34. The molecule has 0 spiro atoms. The molecule has 1 amide bonds. The fraction of sp³-hybridized carbons (Fsp3) is 0.150. The zero-order chi connectivity index (χ0) is 19.1. The number of amides is 1. The van der Waals surface area contributed by atoms with Crippen LogP contribution in [0.3, 0.4) is 0 Å². The minimum absolute atomic E-state index is 0.0979. The number of nitrogens with zero attached hydrogens (tertiary/aromatic N) is 3. The molecule has 8 heteroatoms. The number of hydrogen-bond donors (Lipinski definition) is 2. The molecule has 4 heterocycles. The predicted molar refractivity (Wildman–Crippen MR) is 101 cm³/mol. The molecule has 0 saturated heterocycles. The van der Waals surface area contributed by atoms with Gasteiger partial charge in [0.1, 0.15) is 17.3 Å². The molecule has 4 aromatic rings. The molecule has 1 aromatic carbocycles. The Hall–Kier alpha value is -3.81. The van der Waals surface area contributed by atoms with Crippen molar-refractivity contribution in [3.05, 3.63) is 66.4 Å². The molecule has 0 fully saturated rings. The number of aromatic nitrogens is 4. The number of methoxy groups -OCH3 is 1. The van der Waals surface area contributed by atoms with Crippen molar-refractivity contribution in [3.63, 3.8) is 0 Å². The maximum Gasteiger partial charge on any atom is 0.226 e. The summed E-state index contributed by atoms with van der Waals surface area (Å²) in [6.07, 6.45) is 5.50. The van der Waals surface area contributed by atoms with Gasteiger partial charge in [-0.1, -0.05) is 0 Å². The molecule has 0 saturated carbocycles. The van der Waals surface area contributed by atoms with Crippen molar-refractivity contribution in [3.8, 4) is 22.9 Å². The highest BCUT2D eigenvalue weighted by molar-refractivity contribution is 5.95. The zero-order valence-corrected chi connectivity index (χ0v) is 15.0. The summed E-state index contributed by atoms with van der Waals surface area (Å²) in [5.41, 5.74) is 2.55. The van der Waals surface area contributed by atoms with Crippen LogP contribution in [0.2, 0.25) is 0 Å². The van der Waals surface area contributed by atoms with E-state index in [4.69, 9.17) is 9.15 Å². The summed E-state index contributed by atoms with van der Waals surface area (Å²) in [7, 11) is 1.63. The Morgan fingerprint density at radius 2 is 2.11 bits per heavy atom. The van der Waals surface area contributed by atoms with Crippen molar-refractivity contribution in [2.45, 2.75) is 12.3 Å². The van der Waals surface area contributed by atoms with Crippen LogP contribution in [0.5, 0.6) is 5.75 Å². The monoisotopic (exact) mass is 375 g/mol. The average Bonchev–Trinajstić information content (AvgIpc) is 3.46. The summed E-state index contributed by atoms with van der Waals surface area (Å²) in [5.74, 6) is 2.35. The molecule has 5 rings (SSSR count). The topological polar surface area (TPSA) is 98.0 Å². The smallest absolute Gasteiger partial charge is 0.226 e. The fourth-order valence-electron chi connectivity index (χ4n) is 3.62. The van der Waals surface area contributed by atoms with Crippen LogP contribution in [0.15, 0.2) is 59.5 Å². The van der Waals surface area contributed by atoms with Gasteiger partial charge in [0.05, 0.1) is 19.3 Å². The zero-order valence-electron chi connectivity index (χ0n) is 15.0. The molecule has 8 nitrogen and oxygen atoms in total. The SMILES string of the molecule is COc1ccc(-n2ccnc2C2CC(=O)Nc3n[nH]c(-c4ccco4)c32)cc1. The number of hydrogen-bond acceptors (Lipinski definition) is 5. The van der Waals surface area contributed by atoms with Crippen molar-refractivity contribution in [1.29, 1.82) is 0 Å². The van der Waals surface area contributed by atoms with Gasteiger partial charge in [-0.2, -0.15) is 5.10 Å². The Morgan fingerprint density at radius 3 is 2.86 bits per heavy atom. The first-order valence-electron chi connectivity index (χ1n) is 8.84. The molecule has 1 unspecified atom stereocenters. The van der Waals surface area contributed by atoms with E-state index in [0.717, 1.165) is 28.5 Å². The maximum atomic E-state index is 12.3. The Kier molecular flexibility index (Phi) is 3.75. The third-order valence-corrected chi connectivity index (χ3v) is 4.90. The third kappa shape index (κ3) is 2.58. The number of anilines is 1. The first kappa shape index (κ1) is 16.4. The van der Waals surface area contributed by atoms with E-state index in [1.807, 2.05) is 47.2 Å². The van der Waals surface area contributed by atoms with E-state index < -0.39 is 0 Å². The largest absolute Gasteiger partial charge is 0.497 e. The van der Waals surface area contributed by atoms with Crippen LogP contribution in [-0.2, 0) is 4.79 Å². The quantitative estimate of drug-likeness (QED) is 0.570. The average molecular weight is 375 g/mol. The number of carbonyl (C=O) groups excluding carboxylic acids is 1. The maximum absolute atomic E-state index is 12.3. The number of H-pyrrole nitrogens is 1. The van der Waals surface area contributed by atoms with Gasteiger partial charge in [0.25, 0.3) is 0 Å². The molecule has 1 aliphatic rings. The van der Waals surface area contributed by atoms with Crippen LogP contribution >= 0.6 is 0 Å². The van der Waals surface area contributed by atoms with Crippen LogP contribution < -0.4 is 10.1 Å². The van der Waals surface area contributed by atoms with Crippen molar-refractivity contribution >= 4 is 11.7 Å². The first-order chi connectivity index (χ1) is 13.7. The lowest BCUT2D eigenvalue weighted by atomic mass is 9.90. The lowest BCUT2D eigenvalue weighted by Crippen LogP contribution is -2.25.